The van der Waals surface area contributed by atoms with Crippen molar-refractivity contribution < 1.29 is 78.3 Å². The quantitative estimate of drug-likeness (QED) is 0.0333. The maximum absolute atomic E-state index is 14.1. The van der Waals surface area contributed by atoms with Crippen LogP contribution in [0.4, 0.5) is 0 Å². The summed E-state index contributed by atoms with van der Waals surface area (Å²) >= 11 is 0. The smallest absolute Gasteiger partial charge is 0.326 e. The van der Waals surface area contributed by atoms with Crippen molar-refractivity contribution in [1.29, 1.82) is 0 Å². The van der Waals surface area contributed by atoms with Gasteiger partial charge in [-0.25, -0.2) is 4.79 Å². The highest BCUT2D eigenvalue weighted by Gasteiger charge is 2.36. The number of nitrogens with one attached hydrogen (secondary N) is 7. The number of amides is 7. The van der Waals surface area contributed by atoms with Crippen molar-refractivity contribution in [3.05, 3.63) is 71.8 Å². The van der Waals surface area contributed by atoms with E-state index in [0.717, 1.165) is 6.92 Å². The maximum atomic E-state index is 14.1. The van der Waals surface area contributed by atoms with Crippen LogP contribution in [-0.4, -0.2) is 152 Å². The Morgan fingerprint density at radius 2 is 0.986 bits per heavy atom. The zero-order valence-corrected chi connectivity index (χ0v) is 40.2. The number of hydrogen-bond acceptors (Lipinski definition) is 14. The standard InChI is InChI=1S/C47H67N9O16/c1-25(2)38(56-41(65)29(49)17-19-35(57)58)45(69)52-30(16-10-11-21-48)42(66)53-32(22-27-12-6-4-7-13-27)39(63)46(70)54-33(24-37(61)62)44(68)50-26(3)40(64)51-31(18-20-36(59)60)43(67)55-34(47(71)72)23-28-14-8-5-9-15-28/h4-9,12-15,25-26,29-34,38-39,63H,10-11,16-24,48-49H2,1-3H3,(H,50,68)(H,51,64)(H,52,69)(H,53,66)(H,54,70)(H,55,67)(H,56,65)(H,57,58)(H,59,60)(H,61,62)(H,71,72)/t26-,29-,30-,31-,32-,33-,34-,38-,39+/m0/s1. The molecule has 2 rings (SSSR count). The molecule has 16 N–H and O–H groups in total. The molecule has 0 aliphatic carbocycles. The Morgan fingerprint density at radius 3 is 1.51 bits per heavy atom. The fourth-order valence-corrected chi connectivity index (χ4v) is 6.98. The molecule has 25 nitrogen and oxygen atoms in total. The molecule has 0 aliphatic heterocycles. The topological polar surface area (TPSA) is 425 Å². The van der Waals surface area contributed by atoms with Crippen LogP contribution in [0, 0.1) is 5.92 Å². The Balaban J connectivity index is 2.33. The highest BCUT2D eigenvalue weighted by molar-refractivity contribution is 5.97. The molecule has 396 valence electrons. The fourth-order valence-electron chi connectivity index (χ4n) is 6.98. The number of rotatable bonds is 33. The molecule has 72 heavy (non-hydrogen) atoms. The van der Waals surface area contributed by atoms with Gasteiger partial charge >= 0.3 is 23.9 Å². The van der Waals surface area contributed by atoms with Gasteiger partial charge in [0.05, 0.1) is 18.5 Å². The molecule has 7 amide bonds. The lowest BCUT2D eigenvalue weighted by molar-refractivity contribution is -0.143. The number of aliphatic hydroxyl groups is 1. The Labute approximate surface area is 415 Å². The molecule has 0 radical (unpaired) electrons. The van der Waals surface area contributed by atoms with E-state index < -0.39 is 151 Å². The van der Waals surface area contributed by atoms with Crippen LogP contribution in [0.1, 0.15) is 83.3 Å². The first-order valence-corrected chi connectivity index (χ1v) is 23.2. The Kier molecular flexibility index (Phi) is 26.1. The predicted molar refractivity (Wildman–Crippen MR) is 255 cm³/mol. The van der Waals surface area contributed by atoms with Crippen LogP contribution < -0.4 is 48.7 Å². The van der Waals surface area contributed by atoms with Crippen molar-refractivity contribution in [2.45, 2.75) is 139 Å². The highest BCUT2D eigenvalue weighted by atomic mass is 16.4. The monoisotopic (exact) mass is 1010 g/mol. The number of unbranched alkanes of at least 4 members (excludes halogenated alkanes) is 1. The second kappa shape index (κ2) is 31.0. The van der Waals surface area contributed by atoms with E-state index in [2.05, 4.69) is 37.2 Å². The summed E-state index contributed by atoms with van der Waals surface area (Å²) < 4.78 is 0. The van der Waals surface area contributed by atoms with E-state index >= 15 is 0 Å². The maximum Gasteiger partial charge on any atom is 0.326 e. The van der Waals surface area contributed by atoms with Crippen molar-refractivity contribution in [2.75, 3.05) is 6.54 Å². The zero-order valence-electron chi connectivity index (χ0n) is 40.2. The van der Waals surface area contributed by atoms with Crippen LogP contribution in [0.3, 0.4) is 0 Å². The minimum absolute atomic E-state index is 0.0132. The molecule has 0 spiro atoms. The van der Waals surface area contributed by atoms with Crippen molar-refractivity contribution in [3.63, 3.8) is 0 Å². The van der Waals surface area contributed by atoms with Gasteiger partial charge in [0, 0.05) is 19.3 Å². The van der Waals surface area contributed by atoms with E-state index in [1.54, 1.807) is 74.5 Å². The van der Waals surface area contributed by atoms with E-state index in [0.29, 0.717) is 24.0 Å². The van der Waals surface area contributed by atoms with Gasteiger partial charge in [-0.05, 0) is 69.0 Å². The summed E-state index contributed by atoms with van der Waals surface area (Å²) in [5.74, 6) is -13.4. The second-order valence-corrected chi connectivity index (χ2v) is 17.3. The number of carboxylic acid groups (broad SMARTS) is 4. The van der Waals surface area contributed by atoms with Crippen LogP contribution in [0.15, 0.2) is 60.7 Å². The number of aliphatic hydroxyl groups excluding tert-OH is 1. The fraction of sp³-hybridized carbons (Fsp3) is 0.511. The van der Waals surface area contributed by atoms with E-state index in [9.17, 15) is 73.2 Å². The third-order valence-electron chi connectivity index (χ3n) is 11.0. The van der Waals surface area contributed by atoms with Crippen LogP contribution in [0.2, 0.25) is 0 Å². The number of carbonyl (C=O) groups is 11. The van der Waals surface area contributed by atoms with Crippen molar-refractivity contribution in [2.24, 2.45) is 17.4 Å². The summed E-state index contributed by atoms with van der Waals surface area (Å²) in [6.45, 7) is 4.54. The molecular formula is C47H67N9O16. The minimum Gasteiger partial charge on any atom is -0.481 e. The van der Waals surface area contributed by atoms with Crippen LogP contribution >= 0.6 is 0 Å². The van der Waals surface area contributed by atoms with Gasteiger partial charge in [0.2, 0.25) is 35.4 Å². The lowest BCUT2D eigenvalue weighted by Crippen LogP contribution is -2.61. The molecule has 2 aromatic carbocycles. The third kappa shape index (κ3) is 22.1. The average molecular weight is 1010 g/mol. The lowest BCUT2D eigenvalue weighted by Gasteiger charge is -2.29. The van der Waals surface area contributed by atoms with Crippen molar-refractivity contribution in [1.82, 2.24) is 37.2 Å². The molecule has 0 saturated carbocycles. The lowest BCUT2D eigenvalue weighted by atomic mass is 9.98. The molecule has 0 unspecified atom stereocenters. The normalized spacial score (nSPS) is 14.8. The second-order valence-electron chi connectivity index (χ2n) is 17.3. The summed E-state index contributed by atoms with van der Waals surface area (Å²) in [5.41, 5.74) is 12.6. The molecule has 0 aliphatic rings. The van der Waals surface area contributed by atoms with Crippen molar-refractivity contribution >= 4 is 65.2 Å². The molecular weight excluding hydrogens is 947 g/mol. The molecule has 2 aromatic rings. The van der Waals surface area contributed by atoms with Crippen LogP contribution in [-0.2, 0) is 65.6 Å². The minimum atomic E-state index is -2.21. The first-order chi connectivity index (χ1) is 33.9. The summed E-state index contributed by atoms with van der Waals surface area (Å²) in [6, 6.07) is 4.33. The third-order valence-corrected chi connectivity index (χ3v) is 11.0. The summed E-state index contributed by atoms with van der Waals surface area (Å²) in [5, 5.41) is 65.8. The number of aliphatic carboxylic acids is 4. The van der Waals surface area contributed by atoms with E-state index in [1.807, 2.05) is 0 Å². The molecule has 25 heteroatoms. The Morgan fingerprint density at radius 1 is 0.500 bits per heavy atom. The molecule has 0 fully saturated rings. The van der Waals surface area contributed by atoms with Gasteiger partial charge in [-0.2, -0.15) is 0 Å². The Hall–Kier alpha value is -7.51. The molecule has 9 atom stereocenters. The first kappa shape index (κ1) is 60.6. The van der Waals surface area contributed by atoms with E-state index in [-0.39, 0.29) is 32.2 Å². The van der Waals surface area contributed by atoms with Gasteiger partial charge < -0.3 is 74.2 Å². The van der Waals surface area contributed by atoms with Gasteiger partial charge in [-0.1, -0.05) is 74.5 Å². The van der Waals surface area contributed by atoms with Gasteiger partial charge in [0.1, 0.15) is 36.3 Å². The number of hydrogen-bond donors (Lipinski definition) is 14. The van der Waals surface area contributed by atoms with Gasteiger partial charge in [-0.3, -0.25) is 47.9 Å². The van der Waals surface area contributed by atoms with E-state index in [1.165, 1.54) is 0 Å². The summed E-state index contributed by atoms with van der Waals surface area (Å²) in [4.78, 5) is 141. The molecule has 0 saturated heterocycles. The van der Waals surface area contributed by atoms with E-state index in [4.69, 9.17) is 16.6 Å². The molecule has 0 bridgehead atoms. The number of benzene rings is 2. The summed E-state index contributed by atoms with van der Waals surface area (Å²) in [6.07, 6.45) is -4.77. The first-order valence-electron chi connectivity index (χ1n) is 23.2. The Bertz CT molecular complexity index is 2180. The largest absolute Gasteiger partial charge is 0.481 e. The highest BCUT2D eigenvalue weighted by Crippen LogP contribution is 2.12. The van der Waals surface area contributed by atoms with Crippen LogP contribution in [0.5, 0.6) is 0 Å². The molecule has 0 aromatic heterocycles. The van der Waals surface area contributed by atoms with Gasteiger partial charge in [0.15, 0.2) is 6.10 Å². The number of carbonyl (C=O) groups excluding carboxylic acids is 7. The predicted octanol–water partition coefficient (Wildman–Crippen LogP) is -2.35. The van der Waals surface area contributed by atoms with Gasteiger partial charge in [-0.15, -0.1) is 0 Å². The SMILES string of the molecule is CC(C)[C@H](NC(=O)[C@@H](N)CCC(=O)O)C(=O)N[C@@H](CCCCN)C(=O)N[C@@H](Cc1ccccc1)[C@@H](O)C(=O)N[C@@H](CC(=O)O)C(=O)N[C@@H](C)C(=O)N[C@@H](CCC(=O)O)C(=O)N[C@@H](Cc1ccccc1)C(=O)O. The average Bonchev–Trinajstić information content (AvgIpc) is 3.32. The number of nitrogens with two attached hydrogens (primary N) is 2. The van der Waals surface area contributed by atoms with Gasteiger partial charge in [0.25, 0.3) is 5.91 Å². The summed E-state index contributed by atoms with van der Waals surface area (Å²) in [7, 11) is 0. The van der Waals surface area contributed by atoms with Crippen LogP contribution in [0.25, 0.3) is 0 Å². The molecule has 0 heterocycles. The van der Waals surface area contributed by atoms with Crippen molar-refractivity contribution in [3.8, 4) is 0 Å². The number of carboxylic acids is 4. The zero-order chi connectivity index (χ0) is 54.1.